The molecule has 2 rings (SSSR count). The molecule has 0 aliphatic rings. The summed E-state index contributed by atoms with van der Waals surface area (Å²) in [5.41, 5.74) is 0.771. The number of nitrogens with one attached hydrogen (secondary N) is 1. The minimum atomic E-state index is -0.313. The molecule has 0 aliphatic carbocycles. The fourth-order valence-corrected chi connectivity index (χ4v) is 2.39. The molecule has 0 radical (unpaired) electrons. The van der Waals surface area contributed by atoms with Crippen LogP contribution in [0.5, 0.6) is 5.75 Å². The zero-order valence-electron chi connectivity index (χ0n) is 12.3. The van der Waals surface area contributed by atoms with Crippen LogP contribution in [0, 0.1) is 5.82 Å². The monoisotopic (exact) mass is 355 g/mol. The van der Waals surface area contributed by atoms with Crippen LogP contribution in [0.15, 0.2) is 42.5 Å². The van der Waals surface area contributed by atoms with Gasteiger partial charge in [-0.3, -0.25) is 4.79 Å². The van der Waals surface area contributed by atoms with E-state index in [1.165, 1.54) is 12.1 Å². The molecule has 1 amide bonds. The molecule has 2 aromatic rings. The Balaban J connectivity index is 1.65. The zero-order valence-corrected chi connectivity index (χ0v) is 13.8. The molecule has 0 saturated carbocycles. The van der Waals surface area contributed by atoms with Crippen molar-refractivity contribution in [2.45, 2.75) is 12.8 Å². The first-order valence-electron chi connectivity index (χ1n) is 7.13. The van der Waals surface area contributed by atoms with Crippen LogP contribution in [0.25, 0.3) is 0 Å². The average Bonchev–Trinajstić information content (AvgIpc) is 2.51. The number of carbonyl (C=O) groups is 1. The second-order valence-corrected chi connectivity index (χ2v) is 5.77. The molecular weight excluding hydrogens is 340 g/mol. The van der Waals surface area contributed by atoms with Gasteiger partial charge in [0, 0.05) is 11.6 Å². The summed E-state index contributed by atoms with van der Waals surface area (Å²) in [7, 11) is 0. The van der Waals surface area contributed by atoms with Crippen LogP contribution in [0.2, 0.25) is 10.0 Å². The fourth-order valence-electron chi connectivity index (χ4n) is 1.92. The van der Waals surface area contributed by atoms with Gasteiger partial charge in [0.25, 0.3) is 0 Å². The molecular formula is C17H16Cl2FNO2. The van der Waals surface area contributed by atoms with Crippen LogP contribution in [0.4, 0.5) is 4.39 Å². The van der Waals surface area contributed by atoms with E-state index >= 15 is 0 Å². The maximum absolute atomic E-state index is 12.8. The van der Waals surface area contributed by atoms with Crippen LogP contribution in [0.3, 0.4) is 0 Å². The minimum absolute atomic E-state index is 0.110. The third kappa shape index (κ3) is 6.08. The number of halogens is 3. The van der Waals surface area contributed by atoms with Gasteiger partial charge in [0.1, 0.15) is 11.6 Å². The normalized spacial score (nSPS) is 10.4. The highest BCUT2D eigenvalue weighted by molar-refractivity contribution is 6.35. The molecule has 0 spiro atoms. The quantitative estimate of drug-likeness (QED) is 0.753. The van der Waals surface area contributed by atoms with Gasteiger partial charge >= 0.3 is 0 Å². The summed E-state index contributed by atoms with van der Waals surface area (Å²) in [4.78, 5) is 11.7. The molecule has 0 bridgehead atoms. The molecule has 23 heavy (non-hydrogen) atoms. The summed E-state index contributed by atoms with van der Waals surface area (Å²) >= 11 is 11.8. The predicted octanol–water partition coefficient (Wildman–Crippen LogP) is 4.26. The zero-order chi connectivity index (χ0) is 16.7. The maximum Gasteiger partial charge on any atom is 0.224 e. The highest BCUT2D eigenvalue weighted by Crippen LogP contribution is 2.27. The number of amides is 1. The van der Waals surface area contributed by atoms with Crippen molar-refractivity contribution >= 4 is 29.1 Å². The lowest BCUT2D eigenvalue weighted by Gasteiger charge is -2.09. The fraction of sp³-hybridized carbons (Fsp3) is 0.235. The number of hydrogen-bond acceptors (Lipinski definition) is 2. The highest BCUT2D eigenvalue weighted by atomic mass is 35.5. The molecule has 0 atom stereocenters. The Labute approximate surface area is 144 Å². The number of carbonyl (C=O) groups excluding carboxylic acids is 1. The molecule has 6 heteroatoms. The minimum Gasteiger partial charge on any atom is -0.492 e. The Morgan fingerprint density at radius 3 is 2.57 bits per heavy atom. The molecule has 0 fully saturated rings. The Kier molecular flexibility index (Phi) is 6.68. The number of hydrogen-bond donors (Lipinski definition) is 1. The van der Waals surface area contributed by atoms with Crippen molar-refractivity contribution in [3.05, 3.63) is 63.9 Å². The van der Waals surface area contributed by atoms with Gasteiger partial charge in [-0.1, -0.05) is 35.3 Å². The second-order valence-electron chi connectivity index (χ2n) is 4.93. The number of benzene rings is 2. The van der Waals surface area contributed by atoms with E-state index in [0.29, 0.717) is 35.4 Å². The van der Waals surface area contributed by atoms with Gasteiger partial charge in [-0.2, -0.15) is 0 Å². The van der Waals surface area contributed by atoms with E-state index in [4.69, 9.17) is 27.9 Å². The van der Waals surface area contributed by atoms with Gasteiger partial charge in [-0.05, 0) is 42.3 Å². The van der Waals surface area contributed by atoms with Gasteiger partial charge in [-0.25, -0.2) is 4.39 Å². The molecule has 122 valence electrons. The molecule has 0 saturated heterocycles. The first-order chi connectivity index (χ1) is 11.0. The van der Waals surface area contributed by atoms with Crippen molar-refractivity contribution in [3.8, 4) is 5.75 Å². The summed E-state index contributed by atoms with van der Waals surface area (Å²) in [6.07, 6.45) is 0.873. The van der Waals surface area contributed by atoms with Gasteiger partial charge in [0.15, 0.2) is 0 Å². The van der Waals surface area contributed by atoms with E-state index in [2.05, 4.69) is 5.32 Å². The summed E-state index contributed by atoms with van der Waals surface area (Å²) in [6.45, 7) is 0.920. The van der Waals surface area contributed by atoms with Gasteiger partial charge in [0.05, 0.1) is 18.1 Å². The van der Waals surface area contributed by atoms with Crippen molar-refractivity contribution in [1.82, 2.24) is 5.32 Å². The third-order valence-corrected chi connectivity index (χ3v) is 3.60. The van der Waals surface area contributed by atoms with E-state index in [1.54, 1.807) is 30.3 Å². The summed E-state index contributed by atoms with van der Waals surface area (Å²) in [6, 6.07) is 10.9. The van der Waals surface area contributed by atoms with Crippen molar-refractivity contribution < 1.29 is 13.9 Å². The Hall–Kier alpha value is -1.78. The summed E-state index contributed by atoms with van der Waals surface area (Å²) < 4.78 is 18.3. The standard InChI is InChI=1S/C17H16Cl2FNO2/c18-13-4-7-16(15(19)11-13)23-9-1-8-21-17(22)10-12-2-5-14(20)6-3-12/h2-7,11H,1,8-10H2,(H,21,22). The summed E-state index contributed by atoms with van der Waals surface area (Å²) in [5.74, 6) is 0.141. The Bertz CT molecular complexity index is 662. The second kappa shape index (κ2) is 8.75. The van der Waals surface area contributed by atoms with Crippen LogP contribution >= 0.6 is 23.2 Å². The van der Waals surface area contributed by atoms with E-state index < -0.39 is 0 Å². The number of ether oxygens (including phenoxy) is 1. The smallest absolute Gasteiger partial charge is 0.224 e. The Morgan fingerprint density at radius 1 is 1.13 bits per heavy atom. The first kappa shape index (κ1) is 17.6. The molecule has 0 aromatic heterocycles. The van der Waals surface area contributed by atoms with Gasteiger partial charge in [-0.15, -0.1) is 0 Å². The van der Waals surface area contributed by atoms with Crippen LogP contribution < -0.4 is 10.1 Å². The van der Waals surface area contributed by atoms with Crippen LogP contribution in [0.1, 0.15) is 12.0 Å². The van der Waals surface area contributed by atoms with E-state index in [0.717, 1.165) is 5.56 Å². The van der Waals surface area contributed by atoms with Crippen molar-refractivity contribution in [2.24, 2.45) is 0 Å². The first-order valence-corrected chi connectivity index (χ1v) is 7.89. The largest absolute Gasteiger partial charge is 0.492 e. The SMILES string of the molecule is O=C(Cc1ccc(F)cc1)NCCCOc1ccc(Cl)cc1Cl. The van der Waals surface area contributed by atoms with E-state index in [9.17, 15) is 9.18 Å². The Morgan fingerprint density at radius 2 is 1.87 bits per heavy atom. The topological polar surface area (TPSA) is 38.3 Å². The van der Waals surface area contributed by atoms with Crippen LogP contribution in [-0.2, 0) is 11.2 Å². The molecule has 2 aromatic carbocycles. The van der Waals surface area contributed by atoms with Crippen LogP contribution in [-0.4, -0.2) is 19.1 Å². The van der Waals surface area contributed by atoms with Crippen molar-refractivity contribution in [2.75, 3.05) is 13.2 Å². The molecule has 1 N–H and O–H groups in total. The van der Waals surface area contributed by atoms with E-state index in [1.807, 2.05) is 0 Å². The molecule has 0 unspecified atom stereocenters. The molecule has 0 heterocycles. The average molecular weight is 356 g/mol. The van der Waals surface area contributed by atoms with Gasteiger partial charge < -0.3 is 10.1 Å². The lowest BCUT2D eigenvalue weighted by molar-refractivity contribution is -0.120. The lowest BCUT2D eigenvalue weighted by atomic mass is 10.1. The predicted molar refractivity (Wildman–Crippen MR) is 89.7 cm³/mol. The van der Waals surface area contributed by atoms with Crippen molar-refractivity contribution in [3.63, 3.8) is 0 Å². The maximum atomic E-state index is 12.8. The molecule has 0 aliphatic heterocycles. The van der Waals surface area contributed by atoms with Gasteiger partial charge in [0.2, 0.25) is 5.91 Å². The molecule has 3 nitrogen and oxygen atoms in total. The number of rotatable bonds is 7. The lowest BCUT2D eigenvalue weighted by Crippen LogP contribution is -2.27. The highest BCUT2D eigenvalue weighted by Gasteiger charge is 2.04. The van der Waals surface area contributed by atoms with Crippen molar-refractivity contribution in [1.29, 1.82) is 0 Å². The third-order valence-electron chi connectivity index (χ3n) is 3.07. The summed E-state index contributed by atoms with van der Waals surface area (Å²) in [5, 5.41) is 3.80. The van der Waals surface area contributed by atoms with E-state index in [-0.39, 0.29) is 18.1 Å².